The number of carbonyl (C=O) groups excluding carboxylic acids is 1. The van der Waals surface area contributed by atoms with Gasteiger partial charge in [0.05, 0.1) is 18.2 Å². The Morgan fingerprint density at radius 1 is 1.00 bits per heavy atom. The molecule has 0 fully saturated rings. The van der Waals surface area contributed by atoms with Gasteiger partial charge < -0.3 is 9.84 Å². The lowest BCUT2D eigenvalue weighted by Crippen LogP contribution is -2.45. The van der Waals surface area contributed by atoms with E-state index in [-0.39, 0.29) is 17.7 Å². The smallest absolute Gasteiger partial charge is 0.322 e. The van der Waals surface area contributed by atoms with Crippen molar-refractivity contribution in [1.29, 1.82) is 0 Å². The fourth-order valence-corrected chi connectivity index (χ4v) is 4.40. The fourth-order valence-electron chi connectivity index (χ4n) is 4.40. The van der Waals surface area contributed by atoms with Crippen LogP contribution < -0.4 is 5.32 Å². The van der Waals surface area contributed by atoms with Gasteiger partial charge in [0.2, 0.25) is 5.82 Å². The zero-order chi connectivity index (χ0) is 25.2. The molecule has 2 amide bonds. The first-order valence-electron chi connectivity index (χ1n) is 12.0. The first-order chi connectivity index (χ1) is 17.4. The van der Waals surface area contributed by atoms with Gasteiger partial charge >= 0.3 is 6.03 Å². The van der Waals surface area contributed by atoms with Crippen molar-refractivity contribution in [3.05, 3.63) is 112 Å². The van der Waals surface area contributed by atoms with Crippen LogP contribution in [0.25, 0.3) is 17.0 Å². The van der Waals surface area contributed by atoms with Crippen LogP contribution in [-0.2, 0) is 13.0 Å². The minimum absolute atomic E-state index is 0.275. The molecule has 1 atom stereocenters. The predicted octanol–water partition coefficient (Wildman–Crippen LogP) is 6.44. The Morgan fingerprint density at radius 2 is 1.72 bits per heavy atom. The highest BCUT2D eigenvalue weighted by atomic mass is 19.1. The Morgan fingerprint density at radius 3 is 2.42 bits per heavy atom. The monoisotopic (exact) mass is 482 g/mol. The summed E-state index contributed by atoms with van der Waals surface area (Å²) in [6.07, 6.45) is 0.948. The number of hydrogen-bond donors (Lipinski definition) is 1. The van der Waals surface area contributed by atoms with Crippen LogP contribution in [0.5, 0.6) is 0 Å². The number of aryl methyl sites for hydroxylation is 2. The van der Waals surface area contributed by atoms with Crippen molar-refractivity contribution in [2.24, 2.45) is 0 Å². The number of allylic oxidation sites excluding steroid dienone is 1. The van der Waals surface area contributed by atoms with Gasteiger partial charge in [-0.2, -0.15) is 4.98 Å². The van der Waals surface area contributed by atoms with Crippen molar-refractivity contribution in [2.75, 3.05) is 0 Å². The van der Waals surface area contributed by atoms with E-state index < -0.39 is 6.04 Å². The molecule has 0 saturated carbocycles. The fraction of sp³-hybridized carbons (Fsp3) is 0.207. The molecular weight excluding hydrogens is 455 g/mol. The van der Waals surface area contributed by atoms with E-state index in [1.54, 1.807) is 17.0 Å². The van der Waals surface area contributed by atoms with Crippen molar-refractivity contribution >= 4 is 11.6 Å². The van der Waals surface area contributed by atoms with E-state index >= 15 is 0 Å². The minimum atomic E-state index is -0.641. The lowest BCUT2D eigenvalue weighted by molar-refractivity contribution is 0.203. The molecule has 36 heavy (non-hydrogen) atoms. The van der Waals surface area contributed by atoms with Gasteiger partial charge in [-0.15, -0.1) is 0 Å². The molecule has 3 aromatic carbocycles. The molecule has 182 valence electrons. The second-order valence-corrected chi connectivity index (χ2v) is 8.98. The Balaban J connectivity index is 1.57. The van der Waals surface area contributed by atoms with Gasteiger partial charge in [-0.05, 0) is 49.1 Å². The van der Waals surface area contributed by atoms with E-state index in [4.69, 9.17) is 4.52 Å². The van der Waals surface area contributed by atoms with Crippen molar-refractivity contribution < 1.29 is 13.7 Å². The molecule has 1 aliphatic rings. The van der Waals surface area contributed by atoms with E-state index in [9.17, 15) is 9.18 Å². The molecule has 0 saturated heterocycles. The summed E-state index contributed by atoms with van der Waals surface area (Å²) in [7, 11) is 0. The summed E-state index contributed by atoms with van der Waals surface area (Å²) in [6.45, 7) is 6.35. The molecule has 6 nitrogen and oxygen atoms in total. The molecule has 7 heteroatoms. The van der Waals surface area contributed by atoms with Gasteiger partial charge in [0.15, 0.2) is 0 Å². The number of amides is 2. The predicted molar refractivity (Wildman–Crippen MR) is 136 cm³/mol. The third-order valence-corrected chi connectivity index (χ3v) is 6.52. The second-order valence-electron chi connectivity index (χ2n) is 8.98. The van der Waals surface area contributed by atoms with Gasteiger partial charge in [0, 0.05) is 11.3 Å². The molecule has 4 aromatic rings. The van der Waals surface area contributed by atoms with E-state index in [2.05, 4.69) is 34.5 Å². The average molecular weight is 483 g/mol. The van der Waals surface area contributed by atoms with E-state index in [1.165, 1.54) is 17.7 Å². The topological polar surface area (TPSA) is 71.3 Å². The number of aromatic nitrogens is 2. The summed E-state index contributed by atoms with van der Waals surface area (Å²) in [5.41, 5.74) is 6.09. The van der Waals surface area contributed by atoms with Crippen LogP contribution in [0.3, 0.4) is 0 Å². The molecule has 0 spiro atoms. The lowest BCUT2D eigenvalue weighted by atomic mass is 9.94. The van der Waals surface area contributed by atoms with Gasteiger partial charge in [-0.3, -0.25) is 4.90 Å². The largest absolute Gasteiger partial charge is 0.334 e. The molecule has 1 aromatic heterocycles. The van der Waals surface area contributed by atoms with Gasteiger partial charge in [-0.1, -0.05) is 78.3 Å². The lowest BCUT2D eigenvalue weighted by Gasteiger charge is -2.35. The van der Waals surface area contributed by atoms with E-state index in [0.717, 1.165) is 23.1 Å². The summed E-state index contributed by atoms with van der Waals surface area (Å²) in [4.78, 5) is 19.6. The zero-order valence-corrected chi connectivity index (χ0v) is 20.5. The second kappa shape index (κ2) is 9.77. The first-order valence-corrected chi connectivity index (χ1v) is 12.0. The number of hydrogen-bond acceptors (Lipinski definition) is 4. The molecule has 0 bridgehead atoms. The van der Waals surface area contributed by atoms with E-state index in [0.29, 0.717) is 29.2 Å². The summed E-state index contributed by atoms with van der Waals surface area (Å²) in [5.74, 6) is 0.341. The molecule has 1 N–H and O–H groups in total. The Hall–Kier alpha value is -4.26. The van der Waals surface area contributed by atoms with Crippen molar-refractivity contribution in [3.8, 4) is 11.4 Å². The number of urea groups is 1. The number of halogens is 1. The van der Waals surface area contributed by atoms with Crippen molar-refractivity contribution in [1.82, 2.24) is 20.4 Å². The maximum atomic E-state index is 14.1. The van der Waals surface area contributed by atoms with Crippen LogP contribution >= 0.6 is 0 Å². The third-order valence-electron chi connectivity index (χ3n) is 6.52. The van der Waals surface area contributed by atoms with Gasteiger partial charge in [0.1, 0.15) is 5.82 Å². The summed E-state index contributed by atoms with van der Waals surface area (Å²) >= 11 is 0. The Labute approximate surface area is 209 Å². The molecule has 2 heterocycles. The normalized spacial score (nSPS) is 15.8. The summed E-state index contributed by atoms with van der Waals surface area (Å²) < 4.78 is 19.9. The standard InChI is InChI=1S/C29H27FN4O2/c1-4-20-10-12-21(13-11-20)17-34-19(3)25(26(31-29(34)35)23-6-5-7-24(30)16-23)28-32-27(33-36-28)22-14-8-18(2)9-15-22/h5-16,26H,4,17H2,1-3H3,(H,31,35). The molecule has 0 aliphatic carbocycles. The minimum Gasteiger partial charge on any atom is -0.334 e. The number of carbonyl (C=O) groups is 1. The van der Waals surface area contributed by atoms with Gasteiger partial charge in [-0.25, -0.2) is 9.18 Å². The van der Waals surface area contributed by atoms with Crippen LogP contribution in [0.1, 0.15) is 48.0 Å². The van der Waals surface area contributed by atoms with Crippen LogP contribution in [0.15, 0.2) is 83.0 Å². The van der Waals surface area contributed by atoms with Crippen molar-refractivity contribution in [2.45, 2.75) is 39.8 Å². The zero-order valence-electron chi connectivity index (χ0n) is 20.5. The molecule has 5 rings (SSSR count). The maximum absolute atomic E-state index is 14.1. The quantitative estimate of drug-likeness (QED) is 0.343. The third kappa shape index (κ3) is 4.64. The molecule has 1 aliphatic heterocycles. The summed E-state index contributed by atoms with van der Waals surface area (Å²) in [5, 5.41) is 7.22. The van der Waals surface area contributed by atoms with Crippen molar-refractivity contribution in [3.63, 3.8) is 0 Å². The molecular formula is C29H27FN4O2. The maximum Gasteiger partial charge on any atom is 0.322 e. The Kier molecular flexibility index (Phi) is 6.38. The number of rotatable bonds is 6. The van der Waals surface area contributed by atoms with Crippen LogP contribution in [0.4, 0.5) is 9.18 Å². The Bertz CT molecular complexity index is 1420. The highest BCUT2D eigenvalue weighted by Gasteiger charge is 2.36. The average Bonchev–Trinajstić information content (AvgIpc) is 3.36. The molecule has 1 unspecified atom stereocenters. The van der Waals surface area contributed by atoms with Crippen LogP contribution in [-0.4, -0.2) is 21.1 Å². The highest BCUT2D eigenvalue weighted by molar-refractivity contribution is 5.86. The number of nitrogens with zero attached hydrogens (tertiary/aromatic N) is 3. The highest BCUT2D eigenvalue weighted by Crippen LogP contribution is 2.38. The SMILES string of the molecule is CCc1ccc(CN2C(=O)NC(c3cccc(F)c3)C(c3nc(-c4ccc(C)cc4)no3)=C2C)cc1. The van der Waals surface area contributed by atoms with Crippen LogP contribution in [0.2, 0.25) is 0 Å². The number of benzene rings is 3. The van der Waals surface area contributed by atoms with E-state index in [1.807, 2.05) is 50.2 Å². The van der Waals surface area contributed by atoms with Crippen LogP contribution in [0, 0.1) is 12.7 Å². The number of nitrogens with one attached hydrogen (secondary N) is 1. The van der Waals surface area contributed by atoms with Gasteiger partial charge in [0.25, 0.3) is 5.89 Å². The summed E-state index contributed by atoms with van der Waals surface area (Å²) in [6, 6.07) is 21.3. The first kappa shape index (κ1) is 23.5. The molecule has 0 radical (unpaired) electrons.